The quantitative estimate of drug-likeness (QED) is 0.374. The van der Waals surface area contributed by atoms with Gasteiger partial charge in [-0.1, -0.05) is 43.3 Å². The van der Waals surface area contributed by atoms with Gasteiger partial charge in [-0.2, -0.15) is 0 Å². The SMILES string of the molecule is C=COC(=O)[C@H]1CCCCN1Cc1nc(Cc2ccccc2)n(-c2ccc(S(N)(=O)=O)cc2F)n1. The summed E-state index contributed by atoms with van der Waals surface area (Å²) in [4.78, 5) is 18.7. The van der Waals surface area contributed by atoms with Crippen molar-refractivity contribution in [1.82, 2.24) is 19.7 Å². The zero-order valence-corrected chi connectivity index (χ0v) is 19.8. The molecule has 1 atom stereocenters. The molecule has 0 bridgehead atoms. The van der Waals surface area contributed by atoms with Crippen molar-refractivity contribution in [3.8, 4) is 5.69 Å². The Hall–Kier alpha value is -3.41. The van der Waals surface area contributed by atoms with Gasteiger partial charge >= 0.3 is 5.97 Å². The number of likely N-dealkylation sites (tertiary alicyclic amines) is 1. The average molecular weight is 500 g/mol. The minimum absolute atomic E-state index is 0.0448. The van der Waals surface area contributed by atoms with Gasteiger partial charge in [0.05, 0.1) is 17.7 Å². The summed E-state index contributed by atoms with van der Waals surface area (Å²) >= 11 is 0. The number of sulfonamides is 1. The van der Waals surface area contributed by atoms with Gasteiger partial charge in [0.1, 0.15) is 23.4 Å². The molecule has 1 aromatic heterocycles. The Labute approximate surface area is 203 Å². The van der Waals surface area contributed by atoms with Crippen molar-refractivity contribution in [1.29, 1.82) is 0 Å². The molecule has 1 aliphatic rings. The highest BCUT2D eigenvalue weighted by molar-refractivity contribution is 7.89. The van der Waals surface area contributed by atoms with E-state index in [9.17, 15) is 13.2 Å². The lowest BCUT2D eigenvalue weighted by Crippen LogP contribution is -2.44. The first-order chi connectivity index (χ1) is 16.8. The molecule has 0 saturated carbocycles. The predicted octanol–water partition coefficient (Wildman–Crippen LogP) is 2.69. The van der Waals surface area contributed by atoms with Gasteiger partial charge in [0.25, 0.3) is 0 Å². The number of esters is 1. The van der Waals surface area contributed by atoms with E-state index in [-0.39, 0.29) is 23.1 Å². The molecule has 2 heterocycles. The zero-order chi connectivity index (χ0) is 25.0. The standard InChI is InChI=1S/C24H26FN5O4S/c1-2-34-24(31)21-10-6-7-13-29(21)16-22-27-23(14-17-8-4-3-5-9-17)30(28-22)20-12-11-18(15-19(20)25)35(26,32)33/h2-5,8-9,11-12,15,21H,1,6-7,10,13-14,16H2,(H2,26,32,33)/t21-/m1/s1. The Morgan fingerprint density at radius 1 is 1.23 bits per heavy atom. The van der Waals surface area contributed by atoms with Crippen LogP contribution in [0.3, 0.4) is 0 Å². The first-order valence-corrected chi connectivity index (χ1v) is 12.7. The lowest BCUT2D eigenvalue weighted by atomic mass is 10.0. The lowest BCUT2D eigenvalue weighted by molar-refractivity contribution is -0.145. The van der Waals surface area contributed by atoms with Gasteiger partial charge in [-0.15, -0.1) is 5.10 Å². The molecule has 9 nitrogen and oxygen atoms in total. The van der Waals surface area contributed by atoms with Gasteiger partial charge in [0.2, 0.25) is 10.0 Å². The Kier molecular flexibility index (Phi) is 7.39. The van der Waals surface area contributed by atoms with E-state index in [0.29, 0.717) is 31.0 Å². The molecule has 35 heavy (non-hydrogen) atoms. The monoisotopic (exact) mass is 499 g/mol. The summed E-state index contributed by atoms with van der Waals surface area (Å²) in [6, 6.07) is 12.5. The highest BCUT2D eigenvalue weighted by atomic mass is 32.2. The zero-order valence-electron chi connectivity index (χ0n) is 19.0. The Morgan fingerprint density at radius 3 is 2.69 bits per heavy atom. The highest BCUT2D eigenvalue weighted by Gasteiger charge is 2.31. The van der Waals surface area contributed by atoms with Gasteiger partial charge in [-0.25, -0.2) is 32.4 Å². The predicted molar refractivity (Wildman–Crippen MR) is 126 cm³/mol. The van der Waals surface area contributed by atoms with E-state index < -0.39 is 21.9 Å². The van der Waals surface area contributed by atoms with E-state index in [1.54, 1.807) is 0 Å². The van der Waals surface area contributed by atoms with Crippen molar-refractivity contribution in [3.63, 3.8) is 0 Å². The Balaban J connectivity index is 1.70. The number of hydrogen-bond acceptors (Lipinski definition) is 7. The summed E-state index contributed by atoms with van der Waals surface area (Å²) < 4.78 is 44.6. The molecular formula is C24H26FN5O4S. The van der Waals surface area contributed by atoms with Gasteiger partial charge < -0.3 is 4.74 Å². The number of piperidine rings is 1. The summed E-state index contributed by atoms with van der Waals surface area (Å²) in [5.74, 6) is -0.305. The first-order valence-electron chi connectivity index (χ1n) is 11.1. The topological polar surface area (TPSA) is 120 Å². The van der Waals surface area contributed by atoms with Crippen LogP contribution >= 0.6 is 0 Å². The summed E-state index contributed by atoms with van der Waals surface area (Å²) in [6.07, 6.45) is 3.95. The summed E-state index contributed by atoms with van der Waals surface area (Å²) in [5.41, 5.74) is 0.989. The minimum Gasteiger partial charge on any atom is -0.434 e. The number of rotatable bonds is 8. The van der Waals surface area contributed by atoms with E-state index in [1.165, 1.54) is 16.8 Å². The second-order valence-electron chi connectivity index (χ2n) is 8.26. The number of aromatic nitrogens is 3. The number of hydrogen-bond donors (Lipinski definition) is 1. The van der Waals surface area contributed by atoms with E-state index in [2.05, 4.69) is 16.7 Å². The fourth-order valence-corrected chi connectivity index (χ4v) is 4.70. The third kappa shape index (κ3) is 5.81. The van der Waals surface area contributed by atoms with Crippen LogP contribution in [0, 0.1) is 5.82 Å². The van der Waals surface area contributed by atoms with Crippen LogP contribution in [0.5, 0.6) is 0 Å². The number of nitrogens with zero attached hydrogens (tertiary/aromatic N) is 4. The third-order valence-corrected chi connectivity index (χ3v) is 6.74. The van der Waals surface area contributed by atoms with Crippen LogP contribution in [0.25, 0.3) is 5.69 Å². The number of nitrogens with two attached hydrogens (primary N) is 1. The van der Waals surface area contributed by atoms with Crippen molar-refractivity contribution >= 4 is 16.0 Å². The molecule has 1 fully saturated rings. The van der Waals surface area contributed by atoms with Gasteiger partial charge in [-0.3, -0.25) is 4.90 Å². The molecule has 2 aromatic carbocycles. The number of primary sulfonamides is 1. The molecule has 0 unspecified atom stereocenters. The smallest absolute Gasteiger partial charge is 0.328 e. The largest absolute Gasteiger partial charge is 0.434 e. The van der Waals surface area contributed by atoms with Crippen molar-refractivity contribution in [3.05, 3.63) is 84.4 Å². The summed E-state index contributed by atoms with van der Waals surface area (Å²) in [6.45, 7) is 4.38. The second kappa shape index (κ2) is 10.5. The third-order valence-electron chi connectivity index (χ3n) is 5.83. The minimum atomic E-state index is -4.06. The molecule has 0 radical (unpaired) electrons. The Bertz CT molecular complexity index is 1330. The van der Waals surface area contributed by atoms with Gasteiger partial charge in [0.15, 0.2) is 5.82 Å². The van der Waals surface area contributed by atoms with Crippen LogP contribution in [-0.2, 0) is 32.5 Å². The number of ether oxygens (including phenoxy) is 1. The molecule has 3 aromatic rings. The molecule has 11 heteroatoms. The van der Waals surface area contributed by atoms with Gasteiger partial charge in [-0.05, 0) is 43.1 Å². The summed E-state index contributed by atoms with van der Waals surface area (Å²) in [7, 11) is -4.06. The van der Waals surface area contributed by atoms with Crippen molar-refractivity contribution in [2.75, 3.05) is 6.54 Å². The second-order valence-corrected chi connectivity index (χ2v) is 9.82. The van der Waals surface area contributed by atoms with Gasteiger partial charge in [0, 0.05) is 6.42 Å². The van der Waals surface area contributed by atoms with E-state index in [0.717, 1.165) is 30.7 Å². The fourth-order valence-electron chi connectivity index (χ4n) is 4.17. The molecule has 0 aliphatic carbocycles. The number of carbonyl (C=O) groups excluding carboxylic acids is 1. The van der Waals surface area contributed by atoms with Crippen LogP contribution in [0.1, 0.15) is 36.5 Å². The number of carbonyl (C=O) groups is 1. The van der Waals surface area contributed by atoms with E-state index >= 15 is 4.39 Å². The Morgan fingerprint density at radius 2 is 2.00 bits per heavy atom. The van der Waals surface area contributed by atoms with Crippen LogP contribution in [0.2, 0.25) is 0 Å². The van der Waals surface area contributed by atoms with Crippen molar-refractivity contribution < 1.29 is 22.3 Å². The van der Waals surface area contributed by atoms with Crippen LogP contribution in [0.4, 0.5) is 4.39 Å². The molecule has 2 N–H and O–H groups in total. The fraction of sp³-hybridized carbons (Fsp3) is 0.292. The maximum Gasteiger partial charge on any atom is 0.328 e. The normalized spacial score (nSPS) is 16.7. The van der Waals surface area contributed by atoms with Crippen molar-refractivity contribution in [2.24, 2.45) is 5.14 Å². The van der Waals surface area contributed by atoms with E-state index in [1.807, 2.05) is 35.2 Å². The number of benzene rings is 2. The van der Waals surface area contributed by atoms with Crippen molar-refractivity contribution in [2.45, 2.75) is 43.2 Å². The lowest BCUT2D eigenvalue weighted by Gasteiger charge is -2.32. The molecule has 184 valence electrons. The van der Waals surface area contributed by atoms with Crippen LogP contribution in [-0.4, -0.2) is 46.6 Å². The van der Waals surface area contributed by atoms with Crippen LogP contribution in [0.15, 0.2) is 66.3 Å². The maximum atomic E-state index is 15.0. The molecular weight excluding hydrogens is 473 g/mol. The molecule has 1 aliphatic heterocycles. The van der Waals surface area contributed by atoms with Crippen LogP contribution < -0.4 is 5.14 Å². The first kappa shape index (κ1) is 24.7. The molecule has 0 spiro atoms. The highest BCUT2D eigenvalue weighted by Crippen LogP contribution is 2.23. The molecule has 0 amide bonds. The molecule has 1 saturated heterocycles. The number of halogens is 1. The molecule has 4 rings (SSSR count). The van der Waals surface area contributed by atoms with E-state index in [4.69, 9.17) is 9.88 Å². The maximum absolute atomic E-state index is 15.0. The summed E-state index contributed by atoms with van der Waals surface area (Å²) in [5, 5.41) is 9.67. The average Bonchev–Trinajstić information content (AvgIpc) is 3.21.